The number of pyridine rings is 1. The molecule has 0 saturated carbocycles. The highest BCUT2D eigenvalue weighted by Gasteiger charge is 2.30. The molecule has 0 radical (unpaired) electrons. The molecule has 2 aliphatic heterocycles. The minimum absolute atomic E-state index is 0.0254. The van der Waals surface area contributed by atoms with Gasteiger partial charge in [-0.2, -0.15) is 0 Å². The third-order valence-corrected chi connectivity index (χ3v) is 8.31. The Labute approximate surface area is 229 Å². The van der Waals surface area contributed by atoms with Crippen LogP contribution in [0.5, 0.6) is 0 Å². The number of fused-ring (bicyclic) bond motifs is 2. The first-order valence-corrected chi connectivity index (χ1v) is 13.8. The first kappa shape index (κ1) is 25.4. The van der Waals surface area contributed by atoms with Crippen molar-refractivity contribution in [2.75, 3.05) is 43.4 Å². The van der Waals surface area contributed by atoms with Crippen molar-refractivity contribution >= 4 is 45.1 Å². The zero-order valence-corrected chi connectivity index (χ0v) is 22.6. The number of benzene rings is 1. The maximum absolute atomic E-state index is 14.3. The van der Waals surface area contributed by atoms with E-state index >= 15 is 0 Å². The van der Waals surface area contributed by atoms with Crippen molar-refractivity contribution in [1.29, 1.82) is 0 Å². The molecule has 1 fully saturated rings. The molecule has 0 spiro atoms. The summed E-state index contributed by atoms with van der Waals surface area (Å²) < 4.78 is 16.1. The summed E-state index contributed by atoms with van der Waals surface area (Å²) >= 11 is 1.47. The van der Waals surface area contributed by atoms with Gasteiger partial charge in [-0.1, -0.05) is 0 Å². The van der Waals surface area contributed by atoms with Gasteiger partial charge in [-0.15, -0.1) is 11.3 Å². The van der Waals surface area contributed by atoms with E-state index in [-0.39, 0.29) is 24.1 Å². The minimum Gasteiger partial charge on any atom is -0.367 e. The predicted octanol–water partition coefficient (Wildman–Crippen LogP) is 3.00. The van der Waals surface area contributed by atoms with Crippen molar-refractivity contribution in [3.05, 3.63) is 64.8 Å². The standard InChI is InChI=1S/C27H29FN8O2S/c1-17-13-34(10-11-36(17)24(37)15-35-16-30-21-4-3-8-29-25(21)35)22-6-5-18(28)12-19(22)26(38)32-27-31-20-7-9-33(2)14-23(20)39-27/h3-6,8,12,16-17H,7,9-11,13-15H2,1-2H3,(H,31,32,38)/t17-/m1/s1. The molecule has 1 saturated heterocycles. The molecule has 0 unspecified atom stereocenters. The fraction of sp³-hybridized carbons (Fsp3) is 0.370. The Balaban J connectivity index is 1.15. The Morgan fingerprint density at radius 2 is 2.05 bits per heavy atom. The lowest BCUT2D eigenvalue weighted by atomic mass is 10.1. The molecule has 0 bridgehead atoms. The van der Waals surface area contributed by atoms with E-state index in [9.17, 15) is 14.0 Å². The number of nitrogens with one attached hydrogen (secondary N) is 1. The van der Waals surface area contributed by atoms with Crippen LogP contribution in [-0.2, 0) is 24.3 Å². The fourth-order valence-electron chi connectivity index (χ4n) is 5.30. The van der Waals surface area contributed by atoms with Gasteiger partial charge in [0.2, 0.25) is 5.91 Å². The summed E-state index contributed by atoms with van der Waals surface area (Å²) in [5, 5.41) is 3.42. The lowest BCUT2D eigenvalue weighted by molar-refractivity contribution is -0.134. The molecule has 1 N–H and O–H groups in total. The van der Waals surface area contributed by atoms with Crippen LogP contribution < -0.4 is 10.2 Å². The van der Waals surface area contributed by atoms with Crippen LogP contribution in [0.25, 0.3) is 11.2 Å². The highest BCUT2D eigenvalue weighted by atomic mass is 32.1. The molecule has 12 heteroatoms. The third kappa shape index (κ3) is 5.09. The van der Waals surface area contributed by atoms with Crippen molar-refractivity contribution < 1.29 is 14.0 Å². The molecule has 1 aromatic carbocycles. The van der Waals surface area contributed by atoms with Crippen LogP contribution in [0.1, 0.15) is 27.9 Å². The van der Waals surface area contributed by atoms with Gasteiger partial charge in [0, 0.05) is 61.9 Å². The van der Waals surface area contributed by atoms with E-state index in [0.29, 0.717) is 36.1 Å². The molecule has 4 aromatic rings. The van der Waals surface area contributed by atoms with Crippen LogP contribution in [0, 0.1) is 5.82 Å². The summed E-state index contributed by atoms with van der Waals surface area (Å²) in [7, 11) is 2.06. The molecule has 39 heavy (non-hydrogen) atoms. The number of anilines is 2. The number of piperazine rings is 1. The van der Waals surface area contributed by atoms with Gasteiger partial charge < -0.3 is 19.3 Å². The third-order valence-electron chi connectivity index (χ3n) is 7.31. The van der Waals surface area contributed by atoms with Crippen molar-refractivity contribution in [2.45, 2.75) is 32.5 Å². The number of carbonyl (C=O) groups is 2. The zero-order chi connectivity index (χ0) is 27.1. The number of imidazole rings is 1. The average molecular weight is 549 g/mol. The number of rotatable bonds is 5. The number of likely N-dealkylation sites (N-methyl/N-ethyl adjacent to an activating group) is 1. The van der Waals surface area contributed by atoms with Crippen molar-refractivity contribution in [3.8, 4) is 0 Å². The van der Waals surface area contributed by atoms with Gasteiger partial charge in [0.1, 0.15) is 17.9 Å². The van der Waals surface area contributed by atoms with Crippen molar-refractivity contribution in [2.24, 2.45) is 0 Å². The van der Waals surface area contributed by atoms with Gasteiger partial charge in [-0.3, -0.25) is 14.9 Å². The van der Waals surface area contributed by atoms with Crippen LogP contribution in [0.15, 0.2) is 42.9 Å². The molecular formula is C27H29FN8O2S. The molecule has 2 aliphatic rings. The SMILES string of the molecule is C[C@@H]1CN(c2ccc(F)cc2C(=O)Nc2nc3c(s2)CN(C)CC3)CCN1C(=O)Cn1cnc2cccnc21. The predicted molar refractivity (Wildman–Crippen MR) is 147 cm³/mol. The number of hydrogen-bond acceptors (Lipinski definition) is 8. The largest absolute Gasteiger partial charge is 0.367 e. The fourth-order valence-corrected chi connectivity index (χ4v) is 6.39. The number of aromatic nitrogens is 4. The molecular weight excluding hydrogens is 519 g/mol. The summed E-state index contributed by atoms with van der Waals surface area (Å²) in [5.74, 6) is -0.899. The van der Waals surface area contributed by atoms with E-state index in [1.807, 2.05) is 28.9 Å². The second kappa shape index (κ2) is 10.3. The van der Waals surface area contributed by atoms with E-state index in [1.165, 1.54) is 23.5 Å². The number of amides is 2. The molecule has 0 aliphatic carbocycles. The molecule has 3 aromatic heterocycles. The Bertz CT molecular complexity index is 1550. The Hall–Kier alpha value is -3.90. The van der Waals surface area contributed by atoms with Gasteiger partial charge in [0.15, 0.2) is 10.8 Å². The summed E-state index contributed by atoms with van der Waals surface area (Å²) in [6.45, 7) is 5.37. The summed E-state index contributed by atoms with van der Waals surface area (Å²) in [4.78, 5) is 47.0. The second-order valence-electron chi connectivity index (χ2n) is 10.1. The highest BCUT2D eigenvalue weighted by molar-refractivity contribution is 7.15. The van der Waals surface area contributed by atoms with E-state index in [4.69, 9.17) is 0 Å². The first-order chi connectivity index (χ1) is 18.9. The average Bonchev–Trinajstić information content (AvgIpc) is 3.51. The zero-order valence-electron chi connectivity index (χ0n) is 21.8. The van der Waals surface area contributed by atoms with Crippen molar-refractivity contribution in [3.63, 3.8) is 0 Å². The number of halogens is 1. The second-order valence-corrected chi connectivity index (χ2v) is 11.2. The quantitative estimate of drug-likeness (QED) is 0.409. The summed E-state index contributed by atoms with van der Waals surface area (Å²) in [5.41, 5.74) is 3.33. The normalized spacial score (nSPS) is 17.9. The summed E-state index contributed by atoms with van der Waals surface area (Å²) in [6.07, 6.45) is 4.17. The maximum atomic E-state index is 14.3. The van der Waals surface area contributed by atoms with Gasteiger partial charge in [-0.25, -0.2) is 19.3 Å². The number of thiazole rings is 1. The van der Waals surface area contributed by atoms with E-state index in [2.05, 4.69) is 32.2 Å². The van der Waals surface area contributed by atoms with E-state index < -0.39 is 11.7 Å². The number of carbonyl (C=O) groups excluding carboxylic acids is 2. The monoisotopic (exact) mass is 548 g/mol. The Morgan fingerprint density at radius 1 is 1.18 bits per heavy atom. The topological polar surface area (TPSA) is 99.5 Å². The van der Waals surface area contributed by atoms with Gasteiger partial charge >= 0.3 is 0 Å². The Kier molecular flexibility index (Phi) is 6.73. The molecule has 10 nitrogen and oxygen atoms in total. The number of hydrogen-bond donors (Lipinski definition) is 1. The molecule has 202 valence electrons. The van der Waals surface area contributed by atoms with Gasteiger partial charge in [0.25, 0.3) is 5.91 Å². The van der Waals surface area contributed by atoms with Crippen molar-refractivity contribution in [1.82, 2.24) is 29.3 Å². The lowest BCUT2D eigenvalue weighted by Gasteiger charge is -2.41. The van der Waals surface area contributed by atoms with Crippen LogP contribution in [0.3, 0.4) is 0 Å². The van der Waals surface area contributed by atoms with Crippen LogP contribution >= 0.6 is 11.3 Å². The summed E-state index contributed by atoms with van der Waals surface area (Å²) in [6, 6.07) is 7.84. The molecule has 2 amide bonds. The number of nitrogens with zero attached hydrogens (tertiary/aromatic N) is 7. The molecule has 5 heterocycles. The lowest BCUT2D eigenvalue weighted by Crippen LogP contribution is -2.55. The minimum atomic E-state index is -0.480. The van der Waals surface area contributed by atoms with Crippen LogP contribution in [-0.4, -0.2) is 80.4 Å². The van der Waals surface area contributed by atoms with Crippen LogP contribution in [0.4, 0.5) is 15.2 Å². The van der Waals surface area contributed by atoms with Gasteiger partial charge in [0.05, 0.1) is 17.6 Å². The maximum Gasteiger partial charge on any atom is 0.259 e. The Morgan fingerprint density at radius 3 is 2.90 bits per heavy atom. The van der Waals surface area contributed by atoms with Crippen LogP contribution in [0.2, 0.25) is 0 Å². The first-order valence-electron chi connectivity index (χ1n) is 12.9. The van der Waals surface area contributed by atoms with E-state index in [0.717, 1.165) is 35.6 Å². The van der Waals surface area contributed by atoms with E-state index in [1.54, 1.807) is 23.2 Å². The molecule has 1 atom stereocenters. The molecule has 6 rings (SSSR count). The smallest absolute Gasteiger partial charge is 0.259 e. The highest BCUT2D eigenvalue weighted by Crippen LogP contribution is 2.30. The van der Waals surface area contributed by atoms with Gasteiger partial charge in [-0.05, 0) is 44.3 Å².